The highest BCUT2D eigenvalue weighted by atomic mass is 16.5. The van der Waals surface area contributed by atoms with Gasteiger partial charge in [0.15, 0.2) is 0 Å². The molecule has 22 heavy (non-hydrogen) atoms. The lowest BCUT2D eigenvalue weighted by atomic mass is 10.2. The third kappa shape index (κ3) is 6.61. The predicted octanol–water partition coefficient (Wildman–Crippen LogP) is 3.25. The fourth-order valence-electron chi connectivity index (χ4n) is 1.64. The van der Waals surface area contributed by atoms with Crippen LogP contribution in [0.2, 0.25) is 0 Å². The van der Waals surface area contributed by atoms with Gasteiger partial charge in [-0.3, -0.25) is 10.1 Å². The molecule has 0 spiro atoms. The van der Waals surface area contributed by atoms with E-state index >= 15 is 0 Å². The van der Waals surface area contributed by atoms with E-state index < -0.39 is 0 Å². The molecule has 0 saturated heterocycles. The molecule has 1 aromatic rings. The zero-order valence-electron chi connectivity index (χ0n) is 13.9. The largest absolute Gasteiger partial charge is 0.497 e. The van der Waals surface area contributed by atoms with Crippen molar-refractivity contribution in [3.8, 4) is 5.75 Å². The van der Waals surface area contributed by atoms with Crippen molar-refractivity contribution < 1.29 is 14.3 Å². The Balaban J connectivity index is 2.73. The third-order valence-electron chi connectivity index (χ3n) is 2.87. The van der Waals surface area contributed by atoms with Gasteiger partial charge in [0.1, 0.15) is 5.75 Å². The van der Waals surface area contributed by atoms with Gasteiger partial charge in [-0.1, -0.05) is 33.3 Å². The Labute approximate surface area is 132 Å². The van der Waals surface area contributed by atoms with E-state index in [0.717, 1.165) is 12.8 Å². The van der Waals surface area contributed by atoms with Crippen molar-refractivity contribution in [2.75, 3.05) is 20.3 Å². The average molecular weight is 306 g/mol. The quantitative estimate of drug-likeness (QED) is 0.478. The van der Waals surface area contributed by atoms with Gasteiger partial charge in [0.2, 0.25) is 0 Å². The molecule has 0 fully saturated rings. The highest BCUT2D eigenvalue weighted by Crippen LogP contribution is 2.12. The summed E-state index contributed by atoms with van der Waals surface area (Å²) in [6.45, 7) is 7.35. The molecule has 0 aromatic heterocycles. The highest BCUT2D eigenvalue weighted by Gasteiger charge is 2.11. The van der Waals surface area contributed by atoms with Gasteiger partial charge >= 0.3 is 0 Å². The second-order valence-electron chi connectivity index (χ2n) is 5.43. The van der Waals surface area contributed by atoms with Crippen molar-refractivity contribution in [2.45, 2.75) is 33.6 Å². The first-order valence-corrected chi connectivity index (χ1v) is 7.69. The molecule has 1 amide bonds. The minimum atomic E-state index is -0.252. The van der Waals surface area contributed by atoms with Gasteiger partial charge in [0.25, 0.3) is 11.9 Å². The predicted molar refractivity (Wildman–Crippen MR) is 88.5 cm³/mol. The van der Waals surface area contributed by atoms with Gasteiger partial charge in [0, 0.05) is 12.1 Å². The molecule has 0 saturated carbocycles. The molecule has 1 rings (SSSR count). The van der Waals surface area contributed by atoms with E-state index in [-0.39, 0.29) is 11.9 Å². The van der Waals surface area contributed by atoms with E-state index in [1.54, 1.807) is 31.4 Å². The van der Waals surface area contributed by atoms with Crippen LogP contribution >= 0.6 is 0 Å². The van der Waals surface area contributed by atoms with Crippen molar-refractivity contribution in [3.05, 3.63) is 29.8 Å². The van der Waals surface area contributed by atoms with Gasteiger partial charge in [-0.05, 0) is 30.5 Å². The van der Waals surface area contributed by atoms with Crippen molar-refractivity contribution in [1.82, 2.24) is 5.32 Å². The summed E-state index contributed by atoms with van der Waals surface area (Å²) in [5.41, 5.74) is 0.510. The highest BCUT2D eigenvalue weighted by molar-refractivity contribution is 6.04. The minimum absolute atomic E-state index is 0.252. The SMILES string of the molecule is CCCCN=C(NC(=O)c1cccc(OC)c1)OCC(C)C. The Hall–Kier alpha value is -2.04. The van der Waals surface area contributed by atoms with Crippen molar-refractivity contribution in [1.29, 1.82) is 0 Å². The molecule has 0 radical (unpaired) electrons. The molecule has 1 aromatic carbocycles. The van der Waals surface area contributed by atoms with Crippen LogP contribution in [-0.4, -0.2) is 32.2 Å². The molecular formula is C17H26N2O3. The number of hydrogen-bond acceptors (Lipinski definition) is 4. The number of ether oxygens (including phenoxy) is 2. The molecule has 122 valence electrons. The standard InChI is InChI=1S/C17H26N2O3/c1-5-6-10-18-17(22-12-13(2)3)19-16(20)14-8-7-9-15(11-14)21-4/h7-9,11,13H,5-6,10,12H2,1-4H3,(H,18,19,20). The van der Waals surface area contributed by atoms with E-state index in [9.17, 15) is 4.79 Å². The van der Waals surface area contributed by atoms with E-state index in [2.05, 4.69) is 17.2 Å². The summed E-state index contributed by atoms with van der Waals surface area (Å²) in [4.78, 5) is 16.6. The van der Waals surface area contributed by atoms with E-state index in [1.165, 1.54) is 0 Å². The zero-order valence-corrected chi connectivity index (χ0v) is 13.9. The summed E-state index contributed by atoms with van der Waals surface area (Å²) in [6, 6.07) is 7.26. The van der Waals surface area contributed by atoms with Crippen molar-refractivity contribution in [2.24, 2.45) is 10.9 Å². The van der Waals surface area contributed by atoms with Crippen LogP contribution in [-0.2, 0) is 4.74 Å². The smallest absolute Gasteiger partial charge is 0.291 e. The fourth-order valence-corrected chi connectivity index (χ4v) is 1.64. The van der Waals surface area contributed by atoms with Crippen LogP contribution in [0, 0.1) is 5.92 Å². The van der Waals surface area contributed by atoms with E-state index in [4.69, 9.17) is 9.47 Å². The summed E-state index contributed by atoms with van der Waals surface area (Å²) in [5, 5.41) is 2.73. The number of amidine groups is 1. The number of nitrogens with one attached hydrogen (secondary N) is 1. The number of hydrogen-bond donors (Lipinski definition) is 1. The van der Waals surface area contributed by atoms with Crippen LogP contribution < -0.4 is 10.1 Å². The maximum Gasteiger partial charge on any atom is 0.291 e. The number of carbonyl (C=O) groups is 1. The number of rotatable bonds is 7. The molecule has 0 aliphatic carbocycles. The molecule has 0 bridgehead atoms. The first kappa shape index (κ1) is 18.0. The minimum Gasteiger partial charge on any atom is -0.497 e. The fraction of sp³-hybridized carbons (Fsp3) is 0.529. The van der Waals surface area contributed by atoms with Gasteiger partial charge in [0.05, 0.1) is 13.7 Å². The average Bonchev–Trinajstić information content (AvgIpc) is 2.52. The second-order valence-corrected chi connectivity index (χ2v) is 5.43. The van der Waals surface area contributed by atoms with E-state index in [1.807, 2.05) is 13.8 Å². The Kier molecular flexibility index (Phi) is 8.04. The van der Waals surface area contributed by atoms with Gasteiger partial charge in [-0.2, -0.15) is 0 Å². The Morgan fingerprint density at radius 2 is 2.14 bits per heavy atom. The molecule has 0 aliphatic rings. The maximum absolute atomic E-state index is 12.3. The van der Waals surface area contributed by atoms with Gasteiger partial charge in [-0.15, -0.1) is 0 Å². The number of aliphatic imine (C=N–C) groups is 1. The zero-order chi connectivity index (χ0) is 16.4. The number of nitrogens with zero attached hydrogens (tertiary/aromatic N) is 1. The van der Waals surface area contributed by atoms with Crippen LogP contribution in [0.1, 0.15) is 44.0 Å². The summed E-state index contributed by atoms with van der Waals surface area (Å²) < 4.78 is 10.7. The van der Waals surface area contributed by atoms with Crippen LogP contribution in [0.4, 0.5) is 0 Å². The molecule has 1 N–H and O–H groups in total. The molecule has 5 nitrogen and oxygen atoms in total. The lowest BCUT2D eigenvalue weighted by molar-refractivity contribution is 0.0963. The summed E-state index contributed by atoms with van der Waals surface area (Å²) in [5.74, 6) is 0.753. The first-order valence-electron chi connectivity index (χ1n) is 7.69. The van der Waals surface area contributed by atoms with Crippen LogP contribution in [0.25, 0.3) is 0 Å². The molecule has 0 atom stereocenters. The number of unbranched alkanes of at least 4 members (excludes halogenated alkanes) is 1. The third-order valence-corrected chi connectivity index (χ3v) is 2.87. The van der Waals surface area contributed by atoms with Crippen LogP contribution in [0.5, 0.6) is 5.75 Å². The monoisotopic (exact) mass is 306 g/mol. The molecule has 5 heteroatoms. The van der Waals surface area contributed by atoms with E-state index in [0.29, 0.717) is 30.4 Å². The first-order chi connectivity index (χ1) is 10.6. The van der Waals surface area contributed by atoms with Crippen LogP contribution in [0.3, 0.4) is 0 Å². The normalized spacial score (nSPS) is 11.4. The Bertz CT molecular complexity index is 498. The van der Waals surface area contributed by atoms with Gasteiger partial charge in [-0.25, -0.2) is 4.99 Å². The van der Waals surface area contributed by atoms with Crippen LogP contribution in [0.15, 0.2) is 29.3 Å². The number of methoxy groups -OCH3 is 1. The topological polar surface area (TPSA) is 59.9 Å². The summed E-state index contributed by atoms with van der Waals surface area (Å²) in [7, 11) is 1.57. The Morgan fingerprint density at radius 3 is 2.77 bits per heavy atom. The Morgan fingerprint density at radius 1 is 1.36 bits per heavy atom. The maximum atomic E-state index is 12.3. The lowest BCUT2D eigenvalue weighted by Crippen LogP contribution is -2.33. The molecule has 0 unspecified atom stereocenters. The second kappa shape index (κ2) is 9.82. The molecule has 0 heterocycles. The number of amides is 1. The summed E-state index contributed by atoms with van der Waals surface area (Å²) in [6.07, 6.45) is 2.01. The van der Waals surface area contributed by atoms with Crippen molar-refractivity contribution >= 4 is 11.9 Å². The summed E-state index contributed by atoms with van der Waals surface area (Å²) >= 11 is 0. The number of carbonyl (C=O) groups excluding carboxylic acids is 1. The lowest BCUT2D eigenvalue weighted by Gasteiger charge is -2.12. The van der Waals surface area contributed by atoms with Crippen molar-refractivity contribution in [3.63, 3.8) is 0 Å². The number of benzene rings is 1. The molecule has 0 aliphatic heterocycles. The molecular weight excluding hydrogens is 280 g/mol. The van der Waals surface area contributed by atoms with Gasteiger partial charge < -0.3 is 9.47 Å².